The van der Waals surface area contributed by atoms with E-state index in [9.17, 15) is 0 Å². The van der Waals surface area contributed by atoms with Gasteiger partial charge < -0.3 is 4.98 Å². The molecule has 1 N–H and O–H groups in total. The van der Waals surface area contributed by atoms with Crippen LogP contribution in [-0.4, -0.2) is 11.2 Å². The van der Waals surface area contributed by atoms with Crippen molar-refractivity contribution in [1.29, 1.82) is 0 Å². The molecular weight excluding hydrogens is 420 g/mol. The highest BCUT2D eigenvalue weighted by Gasteiger charge is 2.09. The maximum atomic E-state index is 5.97. The Kier molecular flexibility index (Phi) is 5.23. The summed E-state index contributed by atoms with van der Waals surface area (Å²) in [5, 5.41) is 1.82. The molecule has 27 heavy (non-hydrogen) atoms. The van der Waals surface area contributed by atoms with Crippen molar-refractivity contribution in [1.82, 2.24) is 4.98 Å². The van der Waals surface area contributed by atoms with E-state index in [-0.39, 0.29) is 0 Å². The number of halogens is 2. The molecule has 0 radical (unpaired) electrons. The fraction of sp³-hybridized carbons (Fsp3) is 0. The lowest BCUT2D eigenvalue weighted by molar-refractivity contribution is 1.41. The molecule has 4 rings (SSSR count). The molecule has 1 aromatic heterocycles. The third-order valence-corrected chi connectivity index (χ3v) is 4.96. The van der Waals surface area contributed by atoms with E-state index in [1.807, 2.05) is 66.9 Å². The van der Waals surface area contributed by atoms with E-state index >= 15 is 0 Å². The summed E-state index contributed by atoms with van der Waals surface area (Å²) < 4.78 is 1.03. The lowest BCUT2D eigenvalue weighted by Gasteiger charge is -1.97. The summed E-state index contributed by atoms with van der Waals surface area (Å²) in [6.07, 6.45) is 6.00. The van der Waals surface area contributed by atoms with E-state index in [1.165, 1.54) is 0 Å². The third kappa shape index (κ3) is 4.21. The van der Waals surface area contributed by atoms with Gasteiger partial charge in [0.1, 0.15) is 0 Å². The van der Waals surface area contributed by atoms with Crippen LogP contribution < -0.4 is 0 Å². The van der Waals surface area contributed by atoms with Gasteiger partial charge >= 0.3 is 0 Å². The van der Waals surface area contributed by atoms with Crippen LogP contribution in [0.3, 0.4) is 0 Å². The number of fused-ring (bicyclic) bond motifs is 1. The molecule has 3 aromatic carbocycles. The minimum absolute atomic E-state index is 0.732. The van der Waals surface area contributed by atoms with Gasteiger partial charge in [0.2, 0.25) is 0 Å². The van der Waals surface area contributed by atoms with E-state index in [4.69, 9.17) is 16.6 Å². The molecule has 0 aliphatic rings. The third-order valence-electron chi connectivity index (χ3n) is 4.22. The molecule has 4 aromatic rings. The number of aromatic amines is 1. The topological polar surface area (TPSA) is 28.1 Å². The van der Waals surface area contributed by atoms with E-state index in [2.05, 4.69) is 45.2 Å². The number of rotatable bonds is 4. The molecule has 0 aliphatic carbocycles. The van der Waals surface area contributed by atoms with E-state index in [1.54, 1.807) is 0 Å². The molecule has 4 heteroatoms. The van der Waals surface area contributed by atoms with Crippen molar-refractivity contribution in [2.75, 3.05) is 0 Å². The highest BCUT2D eigenvalue weighted by atomic mass is 79.9. The Morgan fingerprint density at radius 1 is 0.852 bits per heavy atom. The fourth-order valence-corrected chi connectivity index (χ4v) is 3.35. The number of hydrogen-bond acceptors (Lipinski definition) is 1. The zero-order chi connectivity index (χ0) is 18.6. The van der Waals surface area contributed by atoms with Crippen molar-refractivity contribution < 1.29 is 0 Å². The van der Waals surface area contributed by atoms with Crippen LogP contribution in [0.4, 0.5) is 5.69 Å². The molecule has 0 atom stereocenters. The molecule has 0 aliphatic heterocycles. The van der Waals surface area contributed by atoms with E-state index < -0.39 is 0 Å². The average Bonchev–Trinajstić information content (AvgIpc) is 3.03. The van der Waals surface area contributed by atoms with Gasteiger partial charge in [0.25, 0.3) is 0 Å². The monoisotopic (exact) mass is 434 g/mol. The zero-order valence-electron chi connectivity index (χ0n) is 14.4. The fourth-order valence-electron chi connectivity index (χ4n) is 2.87. The molecule has 0 saturated heterocycles. The SMILES string of the molecule is Clc1ccc(C=Cc2[nH]c3cc(Br)ccc3c2N=Cc2ccccc2)cc1. The summed E-state index contributed by atoms with van der Waals surface area (Å²) in [4.78, 5) is 8.24. The average molecular weight is 436 g/mol. The van der Waals surface area contributed by atoms with Crippen LogP contribution in [0.2, 0.25) is 5.02 Å². The summed E-state index contributed by atoms with van der Waals surface area (Å²) in [7, 11) is 0. The van der Waals surface area contributed by atoms with Crippen molar-refractivity contribution in [2.24, 2.45) is 4.99 Å². The molecule has 0 saturated carbocycles. The molecular formula is C23H16BrClN2. The summed E-state index contributed by atoms with van der Waals surface area (Å²) >= 11 is 9.50. The van der Waals surface area contributed by atoms with Crippen molar-refractivity contribution >= 4 is 62.5 Å². The Morgan fingerprint density at radius 2 is 1.63 bits per heavy atom. The molecule has 132 valence electrons. The van der Waals surface area contributed by atoms with Gasteiger partial charge in [0.05, 0.1) is 11.4 Å². The molecule has 2 nitrogen and oxygen atoms in total. The number of aliphatic imine (C=N–C) groups is 1. The first kappa shape index (κ1) is 17.8. The Balaban J connectivity index is 1.76. The standard InChI is InChI=1S/C23H16BrClN2/c24-18-9-12-20-22(14-18)27-21(13-8-16-6-10-19(25)11-7-16)23(20)26-15-17-4-2-1-3-5-17/h1-15,27H. The highest BCUT2D eigenvalue weighted by Crippen LogP contribution is 2.33. The maximum Gasteiger partial charge on any atom is 0.0957 e. The van der Waals surface area contributed by atoms with E-state index in [0.717, 1.165) is 42.9 Å². The minimum Gasteiger partial charge on any atom is -0.353 e. The lowest BCUT2D eigenvalue weighted by Crippen LogP contribution is -1.79. The quantitative estimate of drug-likeness (QED) is 0.321. The summed E-state index contributed by atoms with van der Waals surface area (Å²) in [5.74, 6) is 0. The first-order chi connectivity index (χ1) is 13.2. The number of aromatic nitrogens is 1. The summed E-state index contributed by atoms with van der Waals surface area (Å²) in [6, 6.07) is 24.0. The second-order valence-electron chi connectivity index (χ2n) is 6.13. The Bertz CT molecular complexity index is 1130. The zero-order valence-corrected chi connectivity index (χ0v) is 16.7. The Labute approximate surface area is 171 Å². The number of nitrogens with zero attached hydrogens (tertiary/aromatic N) is 1. The van der Waals surface area contributed by atoms with Crippen LogP contribution in [0.1, 0.15) is 16.8 Å². The van der Waals surface area contributed by atoms with Crippen LogP contribution in [0.25, 0.3) is 23.1 Å². The van der Waals surface area contributed by atoms with Crippen LogP contribution in [0.5, 0.6) is 0 Å². The summed E-state index contributed by atoms with van der Waals surface area (Å²) in [5.41, 5.74) is 5.07. The van der Waals surface area contributed by atoms with Gasteiger partial charge in [-0.2, -0.15) is 0 Å². The first-order valence-electron chi connectivity index (χ1n) is 8.53. The predicted octanol–water partition coefficient (Wildman–Crippen LogP) is 7.50. The van der Waals surface area contributed by atoms with Crippen LogP contribution in [-0.2, 0) is 0 Å². The lowest BCUT2D eigenvalue weighted by atomic mass is 10.1. The van der Waals surface area contributed by atoms with Gasteiger partial charge in [0.15, 0.2) is 0 Å². The van der Waals surface area contributed by atoms with E-state index in [0.29, 0.717) is 0 Å². The Morgan fingerprint density at radius 3 is 2.41 bits per heavy atom. The number of nitrogens with one attached hydrogen (secondary N) is 1. The molecule has 0 unspecified atom stereocenters. The van der Waals surface area contributed by atoms with Gasteiger partial charge in [-0.3, -0.25) is 4.99 Å². The molecule has 1 heterocycles. The van der Waals surface area contributed by atoms with Gasteiger partial charge in [-0.15, -0.1) is 0 Å². The van der Waals surface area contributed by atoms with Gasteiger partial charge in [-0.25, -0.2) is 0 Å². The highest BCUT2D eigenvalue weighted by molar-refractivity contribution is 9.10. The minimum atomic E-state index is 0.732. The second-order valence-corrected chi connectivity index (χ2v) is 7.48. The summed E-state index contributed by atoms with van der Waals surface area (Å²) in [6.45, 7) is 0. The number of H-pyrrole nitrogens is 1. The molecule has 0 bridgehead atoms. The molecule has 0 amide bonds. The van der Waals surface area contributed by atoms with Crippen molar-refractivity contribution in [3.8, 4) is 0 Å². The van der Waals surface area contributed by atoms with Crippen LogP contribution >= 0.6 is 27.5 Å². The number of hydrogen-bond donors (Lipinski definition) is 1. The van der Waals surface area contributed by atoms with Gasteiger partial charge in [-0.05, 0) is 47.5 Å². The second kappa shape index (κ2) is 7.95. The van der Waals surface area contributed by atoms with Crippen LogP contribution in [0.15, 0.2) is 82.3 Å². The van der Waals surface area contributed by atoms with Gasteiger partial charge in [-0.1, -0.05) is 76.1 Å². The number of benzene rings is 3. The molecule has 0 spiro atoms. The van der Waals surface area contributed by atoms with Gasteiger partial charge in [0, 0.05) is 26.6 Å². The normalized spacial score (nSPS) is 11.8. The largest absolute Gasteiger partial charge is 0.353 e. The smallest absolute Gasteiger partial charge is 0.0957 e. The predicted molar refractivity (Wildman–Crippen MR) is 120 cm³/mol. The van der Waals surface area contributed by atoms with Crippen molar-refractivity contribution in [3.05, 3.63) is 99.1 Å². The van der Waals surface area contributed by atoms with Crippen LogP contribution in [0, 0.1) is 0 Å². The Hall–Kier alpha value is -2.62. The maximum absolute atomic E-state index is 5.97. The van der Waals surface area contributed by atoms with Crippen molar-refractivity contribution in [2.45, 2.75) is 0 Å². The first-order valence-corrected chi connectivity index (χ1v) is 9.70. The van der Waals surface area contributed by atoms with Crippen molar-refractivity contribution in [3.63, 3.8) is 0 Å². The molecule has 0 fully saturated rings.